The Bertz CT molecular complexity index is 434. The molecule has 2 fully saturated rings. The summed E-state index contributed by atoms with van der Waals surface area (Å²) in [6.45, 7) is 7.69. The zero-order valence-electron chi connectivity index (χ0n) is 12.6. The largest absolute Gasteiger partial charge is 0.468 e. The van der Waals surface area contributed by atoms with Gasteiger partial charge in [-0.1, -0.05) is 27.7 Å². The summed E-state index contributed by atoms with van der Waals surface area (Å²) in [6, 6.07) is -0.619. The molecule has 0 aromatic carbocycles. The number of esters is 1. The molecule has 20 heavy (non-hydrogen) atoms. The monoisotopic (exact) mass is 282 g/mol. The molecule has 1 aliphatic heterocycles. The third-order valence-corrected chi connectivity index (χ3v) is 4.28. The number of fused-ring (bicyclic) bond motifs is 1. The number of nitrogens with one attached hydrogen (secondary N) is 1. The van der Waals surface area contributed by atoms with Crippen molar-refractivity contribution in [3.63, 3.8) is 0 Å². The highest BCUT2D eigenvalue weighted by Gasteiger charge is 2.72. The molecule has 0 bridgehead atoms. The lowest BCUT2D eigenvalue weighted by Gasteiger charge is -2.26. The number of ether oxygens (including phenoxy) is 1. The fraction of sp³-hybridized carbons (Fsp3) is 0.786. The normalized spacial score (nSPS) is 28.6. The van der Waals surface area contributed by atoms with Gasteiger partial charge in [-0.15, -0.1) is 0 Å². The molecule has 1 heterocycles. The average Bonchev–Trinajstić information content (AvgIpc) is 2.83. The molecule has 6 heteroatoms. The quantitative estimate of drug-likeness (QED) is 0.574. The van der Waals surface area contributed by atoms with E-state index in [-0.39, 0.29) is 41.7 Å². The number of carbonyl (C=O) groups excluding carboxylic acids is 3. The zero-order valence-corrected chi connectivity index (χ0v) is 12.6. The fourth-order valence-electron chi connectivity index (χ4n) is 3.11. The Morgan fingerprint density at radius 2 is 1.80 bits per heavy atom. The molecule has 2 rings (SSSR count). The number of hydrogen-bond donors (Lipinski definition) is 1. The summed E-state index contributed by atoms with van der Waals surface area (Å²) in [4.78, 5) is 37.4. The predicted molar refractivity (Wildman–Crippen MR) is 71.6 cm³/mol. The summed E-state index contributed by atoms with van der Waals surface area (Å²) >= 11 is 0. The number of hydrogen-bond acceptors (Lipinski definition) is 5. The number of amides is 2. The molecule has 2 amide bonds. The van der Waals surface area contributed by atoms with E-state index < -0.39 is 12.0 Å². The van der Waals surface area contributed by atoms with Crippen molar-refractivity contribution in [1.82, 2.24) is 10.2 Å². The van der Waals surface area contributed by atoms with E-state index in [1.807, 2.05) is 27.7 Å². The first-order chi connectivity index (χ1) is 9.21. The van der Waals surface area contributed by atoms with Crippen LogP contribution in [0.4, 0.5) is 0 Å². The Hall–Kier alpha value is -1.43. The molecule has 0 aromatic heterocycles. The van der Waals surface area contributed by atoms with Crippen molar-refractivity contribution >= 4 is 17.8 Å². The van der Waals surface area contributed by atoms with Crippen LogP contribution >= 0.6 is 0 Å². The van der Waals surface area contributed by atoms with Gasteiger partial charge >= 0.3 is 5.97 Å². The van der Waals surface area contributed by atoms with E-state index >= 15 is 0 Å². The molecule has 0 aromatic rings. The lowest BCUT2D eigenvalue weighted by Crippen LogP contribution is -2.51. The van der Waals surface area contributed by atoms with E-state index in [0.717, 1.165) is 0 Å². The molecule has 1 N–H and O–H groups in total. The molecule has 1 saturated carbocycles. The highest BCUT2D eigenvalue weighted by Crippen LogP contribution is 2.63. The Morgan fingerprint density at radius 3 is 2.20 bits per heavy atom. The maximum Gasteiger partial charge on any atom is 0.324 e. The van der Waals surface area contributed by atoms with E-state index in [4.69, 9.17) is 4.74 Å². The topological polar surface area (TPSA) is 75.7 Å². The number of carbonyl (C=O) groups is 3. The first-order valence-corrected chi connectivity index (χ1v) is 6.91. The van der Waals surface area contributed by atoms with Gasteiger partial charge in [-0.3, -0.25) is 19.3 Å². The van der Waals surface area contributed by atoms with Gasteiger partial charge in [0.2, 0.25) is 11.8 Å². The van der Waals surface area contributed by atoms with Gasteiger partial charge in [-0.05, 0) is 5.41 Å². The van der Waals surface area contributed by atoms with Crippen LogP contribution in [0, 0.1) is 17.3 Å². The van der Waals surface area contributed by atoms with Gasteiger partial charge in [0.1, 0.15) is 6.04 Å². The summed E-state index contributed by atoms with van der Waals surface area (Å²) in [5.41, 5.74) is -0.225. The smallest absolute Gasteiger partial charge is 0.324 e. The number of piperidine rings is 1. The maximum atomic E-state index is 12.2. The molecular formula is C14H22N2O4. The van der Waals surface area contributed by atoms with Gasteiger partial charge in [0.15, 0.2) is 0 Å². The Morgan fingerprint density at radius 1 is 1.30 bits per heavy atom. The predicted octanol–water partition coefficient (Wildman–Crippen LogP) is 0.167. The summed E-state index contributed by atoms with van der Waals surface area (Å²) < 4.78 is 4.72. The van der Waals surface area contributed by atoms with Crippen LogP contribution < -0.4 is 5.32 Å². The molecule has 3 atom stereocenters. The standard InChI is InChI=1S/C14H22N2O4/c1-7(2)15-8(13(19)20-5)6-16-11(17)9-10(12(16)18)14(9,3)4/h7-10,15H,6H2,1-5H3. The minimum absolute atomic E-state index is 0.0472. The van der Waals surface area contributed by atoms with Crippen LogP contribution in [0.2, 0.25) is 0 Å². The fourth-order valence-corrected chi connectivity index (χ4v) is 3.11. The average molecular weight is 282 g/mol. The second kappa shape index (κ2) is 4.84. The highest BCUT2D eigenvalue weighted by atomic mass is 16.5. The maximum absolute atomic E-state index is 12.2. The van der Waals surface area contributed by atoms with Crippen LogP contribution in [0.15, 0.2) is 0 Å². The summed E-state index contributed by atoms with van der Waals surface area (Å²) in [5, 5.41) is 3.03. The van der Waals surface area contributed by atoms with E-state index in [0.29, 0.717) is 0 Å². The number of imide groups is 1. The van der Waals surface area contributed by atoms with Gasteiger partial charge in [-0.2, -0.15) is 0 Å². The van der Waals surface area contributed by atoms with E-state index in [9.17, 15) is 14.4 Å². The second-order valence-corrected chi connectivity index (χ2v) is 6.46. The molecule has 1 saturated heterocycles. The molecule has 0 spiro atoms. The Kier molecular flexibility index (Phi) is 3.62. The van der Waals surface area contributed by atoms with Crippen molar-refractivity contribution in [3.05, 3.63) is 0 Å². The summed E-state index contributed by atoms with van der Waals surface area (Å²) in [7, 11) is 1.30. The van der Waals surface area contributed by atoms with Crippen molar-refractivity contribution < 1.29 is 19.1 Å². The third-order valence-electron chi connectivity index (χ3n) is 4.28. The number of methoxy groups -OCH3 is 1. The van der Waals surface area contributed by atoms with Crippen LogP contribution in [0.3, 0.4) is 0 Å². The zero-order chi connectivity index (χ0) is 15.2. The second-order valence-electron chi connectivity index (χ2n) is 6.46. The molecule has 0 radical (unpaired) electrons. The van der Waals surface area contributed by atoms with Crippen molar-refractivity contribution in [2.75, 3.05) is 13.7 Å². The van der Waals surface area contributed by atoms with Gasteiger partial charge in [0.05, 0.1) is 25.5 Å². The van der Waals surface area contributed by atoms with Crippen LogP contribution in [0.1, 0.15) is 27.7 Å². The lowest BCUT2D eigenvalue weighted by atomic mass is 10.1. The summed E-state index contributed by atoms with van der Waals surface area (Å²) in [6.07, 6.45) is 0. The highest BCUT2D eigenvalue weighted by molar-refractivity contribution is 6.10. The lowest BCUT2D eigenvalue weighted by molar-refractivity contribution is -0.147. The summed E-state index contributed by atoms with van der Waals surface area (Å²) in [5.74, 6) is -1.22. The van der Waals surface area contributed by atoms with E-state index in [1.54, 1.807) is 0 Å². The van der Waals surface area contributed by atoms with E-state index in [1.165, 1.54) is 12.0 Å². The third kappa shape index (κ3) is 2.22. The molecule has 112 valence electrons. The Balaban J connectivity index is 2.07. The van der Waals surface area contributed by atoms with E-state index in [2.05, 4.69) is 5.32 Å². The van der Waals surface area contributed by atoms with Gasteiger partial charge in [0.25, 0.3) is 0 Å². The molecule has 2 aliphatic rings. The first-order valence-electron chi connectivity index (χ1n) is 6.91. The van der Waals surface area contributed by atoms with Crippen molar-refractivity contribution in [2.45, 2.75) is 39.8 Å². The van der Waals surface area contributed by atoms with Gasteiger partial charge in [0, 0.05) is 6.04 Å². The van der Waals surface area contributed by atoms with Crippen molar-refractivity contribution in [1.29, 1.82) is 0 Å². The minimum atomic E-state index is -0.673. The minimum Gasteiger partial charge on any atom is -0.468 e. The van der Waals surface area contributed by atoms with Gasteiger partial charge in [-0.25, -0.2) is 0 Å². The van der Waals surface area contributed by atoms with Gasteiger partial charge < -0.3 is 10.1 Å². The Labute approximate surface area is 118 Å². The number of nitrogens with zero attached hydrogens (tertiary/aromatic N) is 1. The van der Waals surface area contributed by atoms with Crippen molar-refractivity contribution in [3.8, 4) is 0 Å². The molecule has 6 nitrogen and oxygen atoms in total. The SMILES string of the molecule is COC(=O)C(CN1C(=O)C2C(C1=O)C2(C)C)NC(C)C. The van der Waals surface area contributed by atoms with Crippen molar-refractivity contribution in [2.24, 2.45) is 17.3 Å². The molecular weight excluding hydrogens is 260 g/mol. The van der Waals surface area contributed by atoms with Crippen LogP contribution in [0.25, 0.3) is 0 Å². The molecule has 3 unspecified atom stereocenters. The number of likely N-dealkylation sites (tertiary alicyclic amines) is 1. The van der Waals surface area contributed by atoms with Crippen LogP contribution in [-0.2, 0) is 19.1 Å². The number of rotatable bonds is 5. The first kappa shape index (κ1) is 15.0. The molecule has 1 aliphatic carbocycles. The van der Waals surface area contributed by atoms with Crippen LogP contribution in [-0.4, -0.2) is 48.4 Å². The van der Waals surface area contributed by atoms with Crippen LogP contribution in [0.5, 0.6) is 0 Å².